The molecule has 0 unspecified atom stereocenters. The van der Waals surface area contributed by atoms with Crippen LogP contribution in [0, 0.1) is 13.8 Å². The zero-order valence-corrected chi connectivity index (χ0v) is 15.2. The Kier molecular flexibility index (Phi) is 4.41. The van der Waals surface area contributed by atoms with Gasteiger partial charge in [-0.25, -0.2) is 0 Å². The van der Waals surface area contributed by atoms with Gasteiger partial charge in [-0.3, -0.25) is 0 Å². The van der Waals surface area contributed by atoms with Crippen LogP contribution in [0.2, 0.25) is 0 Å². The van der Waals surface area contributed by atoms with E-state index < -0.39 is 0 Å². The van der Waals surface area contributed by atoms with E-state index in [0.717, 1.165) is 0 Å². The molecule has 126 valence electrons. The summed E-state index contributed by atoms with van der Waals surface area (Å²) >= 11 is 0. The molecule has 0 amide bonds. The second-order valence-electron chi connectivity index (χ2n) is 6.79. The molecule has 0 atom stereocenters. The molecule has 0 heteroatoms. The number of rotatable bonds is 3. The summed E-state index contributed by atoms with van der Waals surface area (Å²) in [7, 11) is 0. The summed E-state index contributed by atoms with van der Waals surface area (Å²) in [5.41, 5.74) is 10.2. The Bertz CT molecular complexity index is 941. The molecule has 4 aromatic carbocycles. The van der Waals surface area contributed by atoms with E-state index in [1.165, 1.54) is 44.5 Å². The maximum absolute atomic E-state index is 2.31. The summed E-state index contributed by atoms with van der Waals surface area (Å²) in [6, 6.07) is 34.7. The molecule has 0 radical (unpaired) electrons. The van der Waals surface area contributed by atoms with Gasteiger partial charge in [0.15, 0.2) is 0 Å². The molecule has 4 rings (SSSR count). The van der Waals surface area contributed by atoms with E-state index in [-0.39, 0.29) is 0 Å². The lowest BCUT2D eigenvalue weighted by molar-refractivity contribution is 1.43. The number of aryl methyl sites for hydroxylation is 2. The van der Waals surface area contributed by atoms with Crippen molar-refractivity contribution in [3.05, 3.63) is 108 Å². The highest BCUT2D eigenvalue weighted by atomic mass is 14.1. The summed E-state index contributed by atoms with van der Waals surface area (Å²) < 4.78 is 0. The van der Waals surface area contributed by atoms with Gasteiger partial charge in [-0.15, -0.1) is 0 Å². The number of benzene rings is 4. The predicted octanol–water partition coefficient (Wildman–Crippen LogP) is 7.30. The SMILES string of the molecule is Cc1ccc(-c2ccc(C)c(-c3ccccc3)c2)cc1-c1ccccc1. The van der Waals surface area contributed by atoms with Gasteiger partial charge in [-0.05, 0) is 70.5 Å². The molecule has 0 nitrogen and oxygen atoms in total. The minimum atomic E-state index is 1.26. The van der Waals surface area contributed by atoms with Crippen molar-refractivity contribution >= 4 is 0 Å². The molecule has 0 aliphatic rings. The quantitative estimate of drug-likeness (QED) is 0.368. The fourth-order valence-electron chi connectivity index (χ4n) is 3.46. The van der Waals surface area contributed by atoms with Gasteiger partial charge in [-0.2, -0.15) is 0 Å². The molecule has 4 aromatic rings. The summed E-state index contributed by atoms with van der Waals surface area (Å²) in [4.78, 5) is 0. The van der Waals surface area contributed by atoms with Crippen molar-refractivity contribution in [2.75, 3.05) is 0 Å². The molecule has 0 spiro atoms. The minimum absolute atomic E-state index is 1.26. The van der Waals surface area contributed by atoms with Crippen molar-refractivity contribution in [1.82, 2.24) is 0 Å². The molecule has 26 heavy (non-hydrogen) atoms. The van der Waals surface area contributed by atoms with Crippen LogP contribution in [-0.4, -0.2) is 0 Å². The zero-order valence-electron chi connectivity index (χ0n) is 15.2. The van der Waals surface area contributed by atoms with Gasteiger partial charge in [0.05, 0.1) is 0 Å². The lowest BCUT2D eigenvalue weighted by Gasteiger charge is -2.12. The van der Waals surface area contributed by atoms with Crippen LogP contribution in [0.1, 0.15) is 11.1 Å². The Morgan fingerprint density at radius 3 is 1.15 bits per heavy atom. The van der Waals surface area contributed by atoms with Crippen LogP contribution in [0.15, 0.2) is 97.1 Å². The number of hydrogen-bond acceptors (Lipinski definition) is 0. The third-order valence-electron chi connectivity index (χ3n) is 4.98. The first kappa shape index (κ1) is 16.4. The highest BCUT2D eigenvalue weighted by molar-refractivity contribution is 5.79. The summed E-state index contributed by atoms with van der Waals surface area (Å²) in [6.45, 7) is 4.35. The summed E-state index contributed by atoms with van der Waals surface area (Å²) in [5.74, 6) is 0. The molecule has 0 saturated carbocycles. The van der Waals surface area contributed by atoms with Gasteiger partial charge < -0.3 is 0 Å². The van der Waals surface area contributed by atoms with Crippen molar-refractivity contribution in [2.24, 2.45) is 0 Å². The molecule has 0 aromatic heterocycles. The lowest BCUT2D eigenvalue weighted by Crippen LogP contribution is -1.88. The van der Waals surface area contributed by atoms with E-state index in [4.69, 9.17) is 0 Å². The summed E-state index contributed by atoms with van der Waals surface area (Å²) in [6.07, 6.45) is 0. The first-order valence-corrected chi connectivity index (χ1v) is 9.05. The Morgan fingerprint density at radius 1 is 0.385 bits per heavy atom. The third kappa shape index (κ3) is 3.19. The van der Waals surface area contributed by atoms with Crippen molar-refractivity contribution in [1.29, 1.82) is 0 Å². The van der Waals surface area contributed by atoms with E-state index in [9.17, 15) is 0 Å². The van der Waals surface area contributed by atoms with Crippen LogP contribution in [0.4, 0.5) is 0 Å². The maximum Gasteiger partial charge on any atom is -0.0149 e. The highest BCUT2D eigenvalue weighted by Crippen LogP contribution is 2.32. The lowest BCUT2D eigenvalue weighted by atomic mass is 9.92. The Balaban J connectivity index is 1.82. The van der Waals surface area contributed by atoms with Crippen molar-refractivity contribution in [3.63, 3.8) is 0 Å². The first-order chi connectivity index (χ1) is 12.7. The van der Waals surface area contributed by atoms with E-state index in [1.54, 1.807) is 0 Å². The molecule has 0 heterocycles. The van der Waals surface area contributed by atoms with E-state index in [1.807, 2.05) is 0 Å². The van der Waals surface area contributed by atoms with Crippen molar-refractivity contribution in [2.45, 2.75) is 13.8 Å². The molecular weight excluding hydrogens is 312 g/mol. The van der Waals surface area contributed by atoms with Gasteiger partial charge in [-0.1, -0.05) is 84.9 Å². The standard InChI is InChI=1S/C26H22/c1-19-13-15-23(17-25(19)21-9-5-3-6-10-21)24-16-14-20(2)26(18-24)22-11-7-4-8-12-22/h3-18H,1-2H3. The van der Waals surface area contributed by atoms with Gasteiger partial charge in [0.2, 0.25) is 0 Å². The van der Waals surface area contributed by atoms with Crippen molar-refractivity contribution in [3.8, 4) is 33.4 Å². The van der Waals surface area contributed by atoms with Crippen LogP contribution in [0.3, 0.4) is 0 Å². The van der Waals surface area contributed by atoms with Gasteiger partial charge in [0.1, 0.15) is 0 Å². The largest absolute Gasteiger partial charge is 0.0622 e. The highest BCUT2D eigenvalue weighted by Gasteiger charge is 2.08. The third-order valence-corrected chi connectivity index (χ3v) is 4.98. The molecule has 0 N–H and O–H groups in total. The van der Waals surface area contributed by atoms with Crippen LogP contribution in [-0.2, 0) is 0 Å². The molecule has 0 fully saturated rings. The van der Waals surface area contributed by atoms with Gasteiger partial charge in [0.25, 0.3) is 0 Å². The average Bonchev–Trinajstić information content (AvgIpc) is 2.70. The van der Waals surface area contributed by atoms with Gasteiger partial charge in [0, 0.05) is 0 Å². The number of hydrogen-bond donors (Lipinski definition) is 0. The van der Waals surface area contributed by atoms with Crippen LogP contribution in [0.25, 0.3) is 33.4 Å². The molecule has 0 bridgehead atoms. The first-order valence-electron chi connectivity index (χ1n) is 9.05. The smallest absolute Gasteiger partial charge is 0.0149 e. The molecular formula is C26H22. The van der Waals surface area contributed by atoms with Crippen LogP contribution in [0.5, 0.6) is 0 Å². The average molecular weight is 334 g/mol. The van der Waals surface area contributed by atoms with Gasteiger partial charge >= 0.3 is 0 Å². The fraction of sp³-hybridized carbons (Fsp3) is 0.0769. The topological polar surface area (TPSA) is 0 Å². The Morgan fingerprint density at radius 2 is 0.769 bits per heavy atom. The van der Waals surface area contributed by atoms with Crippen LogP contribution >= 0.6 is 0 Å². The minimum Gasteiger partial charge on any atom is -0.0622 e. The van der Waals surface area contributed by atoms with E-state index >= 15 is 0 Å². The molecule has 0 saturated heterocycles. The van der Waals surface area contributed by atoms with Crippen molar-refractivity contribution < 1.29 is 0 Å². The predicted molar refractivity (Wildman–Crippen MR) is 112 cm³/mol. The van der Waals surface area contributed by atoms with E-state index in [2.05, 4.69) is 111 Å². The van der Waals surface area contributed by atoms with E-state index in [0.29, 0.717) is 0 Å². The van der Waals surface area contributed by atoms with Crippen LogP contribution < -0.4 is 0 Å². The molecule has 0 aliphatic heterocycles. The Hall–Kier alpha value is -3.12. The molecule has 0 aliphatic carbocycles. The Labute approximate surface area is 155 Å². The normalized spacial score (nSPS) is 10.7. The second-order valence-corrected chi connectivity index (χ2v) is 6.79. The second kappa shape index (κ2) is 7.01. The fourth-order valence-corrected chi connectivity index (χ4v) is 3.46. The summed E-state index contributed by atoms with van der Waals surface area (Å²) in [5, 5.41) is 0. The maximum atomic E-state index is 2.31. The monoisotopic (exact) mass is 334 g/mol. The zero-order chi connectivity index (χ0) is 17.9.